The molecule has 122 valence electrons. The van der Waals surface area contributed by atoms with Crippen LogP contribution in [-0.4, -0.2) is 6.21 Å². The van der Waals surface area contributed by atoms with Gasteiger partial charge in [0.05, 0.1) is 5.69 Å². The highest BCUT2D eigenvalue weighted by atomic mass is 14.8. The summed E-state index contributed by atoms with van der Waals surface area (Å²) in [5.41, 5.74) is 6.17. The van der Waals surface area contributed by atoms with E-state index in [1.165, 1.54) is 16.7 Å². The molecule has 0 aromatic heterocycles. The molecular weight excluding hydrogens is 292 g/mol. The fourth-order valence-corrected chi connectivity index (χ4v) is 3.02. The van der Waals surface area contributed by atoms with E-state index in [1.807, 2.05) is 54.7 Å². The predicted molar refractivity (Wildman–Crippen MR) is 104 cm³/mol. The van der Waals surface area contributed by atoms with Crippen LogP contribution in [0.15, 0.2) is 88.6 Å². The number of allylic oxidation sites excluding steroid dienone is 3. The second kappa shape index (κ2) is 7.78. The maximum Gasteiger partial charge on any atom is 0.0629 e. The fraction of sp³-hybridized carbons (Fsp3) is 0.227. The molecule has 0 bridgehead atoms. The van der Waals surface area contributed by atoms with Gasteiger partial charge in [0.1, 0.15) is 0 Å². The summed E-state index contributed by atoms with van der Waals surface area (Å²) < 4.78 is 0. The van der Waals surface area contributed by atoms with Crippen LogP contribution >= 0.6 is 0 Å². The number of nitrogens with one attached hydrogen (secondary N) is 1. The predicted octanol–water partition coefficient (Wildman–Crippen LogP) is 6.13. The van der Waals surface area contributed by atoms with Crippen LogP contribution in [-0.2, 0) is 0 Å². The second-order valence-electron chi connectivity index (χ2n) is 6.44. The van der Waals surface area contributed by atoms with Crippen LogP contribution in [0.1, 0.15) is 26.7 Å². The van der Waals surface area contributed by atoms with Crippen LogP contribution in [0.25, 0.3) is 0 Å². The quantitative estimate of drug-likeness (QED) is 0.674. The summed E-state index contributed by atoms with van der Waals surface area (Å²) in [5, 5.41) is 3.42. The molecular formula is C22H24N2. The summed E-state index contributed by atoms with van der Waals surface area (Å²) in [7, 11) is 0. The number of rotatable bonds is 4. The summed E-state index contributed by atoms with van der Waals surface area (Å²) >= 11 is 0. The van der Waals surface area contributed by atoms with Crippen molar-refractivity contribution in [2.75, 3.05) is 5.32 Å². The van der Waals surface area contributed by atoms with Gasteiger partial charge in [-0.2, -0.15) is 0 Å². The molecule has 1 aliphatic carbocycles. The van der Waals surface area contributed by atoms with Crippen molar-refractivity contribution in [3.8, 4) is 0 Å². The third-order valence-electron chi connectivity index (χ3n) is 4.41. The minimum atomic E-state index is 0.634. The van der Waals surface area contributed by atoms with Crippen molar-refractivity contribution in [2.24, 2.45) is 10.9 Å². The molecule has 1 N–H and O–H groups in total. The van der Waals surface area contributed by atoms with Gasteiger partial charge in [-0.15, -0.1) is 0 Å². The fourth-order valence-electron chi connectivity index (χ4n) is 3.02. The van der Waals surface area contributed by atoms with E-state index in [4.69, 9.17) is 0 Å². The van der Waals surface area contributed by atoms with Gasteiger partial charge in [-0.05, 0) is 66.7 Å². The topological polar surface area (TPSA) is 24.4 Å². The summed E-state index contributed by atoms with van der Waals surface area (Å²) in [4.78, 5) is 4.64. The Balaban J connectivity index is 1.81. The largest absolute Gasteiger partial charge is 0.361 e. The molecule has 2 aromatic rings. The zero-order chi connectivity index (χ0) is 16.8. The van der Waals surface area contributed by atoms with E-state index in [1.54, 1.807) is 0 Å². The Bertz CT molecular complexity index is 755. The minimum absolute atomic E-state index is 0.634. The van der Waals surface area contributed by atoms with Crippen molar-refractivity contribution in [3.05, 3.63) is 83.6 Å². The zero-order valence-corrected chi connectivity index (χ0v) is 14.4. The van der Waals surface area contributed by atoms with Gasteiger partial charge in [0.25, 0.3) is 0 Å². The molecule has 2 nitrogen and oxygen atoms in total. The van der Waals surface area contributed by atoms with E-state index in [2.05, 4.69) is 42.5 Å². The van der Waals surface area contributed by atoms with Gasteiger partial charge in [0, 0.05) is 18.1 Å². The van der Waals surface area contributed by atoms with Gasteiger partial charge in [0.15, 0.2) is 0 Å². The van der Waals surface area contributed by atoms with Crippen LogP contribution in [0.3, 0.4) is 0 Å². The van der Waals surface area contributed by atoms with Gasteiger partial charge in [-0.1, -0.05) is 43.3 Å². The highest BCUT2D eigenvalue weighted by molar-refractivity contribution is 5.83. The molecule has 0 aliphatic heterocycles. The smallest absolute Gasteiger partial charge is 0.0629 e. The molecule has 0 saturated carbocycles. The lowest BCUT2D eigenvalue weighted by Gasteiger charge is -2.24. The van der Waals surface area contributed by atoms with Crippen LogP contribution in [0.2, 0.25) is 0 Å². The first-order valence-corrected chi connectivity index (χ1v) is 8.52. The average Bonchev–Trinajstić information content (AvgIpc) is 2.62. The molecule has 1 atom stereocenters. The first-order valence-electron chi connectivity index (χ1n) is 8.52. The van der Waals surface area contributed by atoms with Crippen molar-refractivity contribution in [2.45, 2.75) is 26.7 Å². The molecule has 2 aromatic carbocycles. The minimum Gasteiger partial charge on any atom is -0.361 e. The SMILES string of the molecule is CC1=C(C=Nc2ccccc2)CC(C)CC1=CNc1ccccc1. The molecule has 24 heavy (non-hydrogen) atoms. The van der Waals surface area contributed by atoms with Crippen LogP contribution in [0, 0.1) is 5.92 Å². The maximum absolute atomic E-state index is 4.64. The second-order valence-corrected chi connectivity index (χ2v) is 6.44. The molecule has 2 heteroatoms. The lowest BCUT2D eigenvalue weighted by atomic mass is 9.82. The van der Waals surface area contributed by atoms with Crippen molar-refractivity contribution in [1.29, 1.82) is 0 Å². The van der Waals surface area contributed by atoms with Gasteiger partial charge >= 0.3 is 0 Å². The van der Waals surface area contributed by atoms with Crippen molar-refractivity contribution < 1.29 is 0 Å². The third kappa shape index (κ3) is 4.23. The highest BCUT2D eigenvalue weighted by Gasteiger charge is 2.18. The van der Waals surface area contributed by atoms with E-state index in [9.17, 15) is 0 Å². The summed E-state index contributed by atoms with van der Waals surface area (Å²) in [6.45, 7) is 4.51. The Morgan fingerprint density at radius 1 is 0.958 bits per heavy atom. The van der Waals surface area contributed by atoms with Gasteiger partial charge in [0.2, 0.25) is 0 Å². The van der Waals surface area contributed by atoms with Crippen molar-refractivity contribution in [3.63, 3.8) is 0 Å². The molecule has 0 spiro atoms. The average molecular weight is 316 g/mol. The molecule has 0 radical (unpaired) electrons. The zero-order valence-electron chi connectivity index (χ0n) is 14.4. The van der Waals surface area contributed by atoms with Gasteiger partial charge in [-0.25, -0.2) is 0 Å². The van der Waals surface area contributed by atoms with Crippen LogP contribution in [0.4, 0.5) is 11.4 Å². The highest BCUT2D eigenvalue weighted by Crippen LogP contribution is 2.32. The standard InChI is InChI=1S/C22H24N2/c1-17-13-19(15-23-21-9-5-3-6-10-21)18(2)20(14-17)16-24-22-11-7-4-8-12-22/h3-12,15-17,23H,13-14H2,1-2H3. The van der Waals surface area contributed by atoms with E-state index >= 15 is 0 Å². The Morgan fingerprint density at radius 3 is 2.33 bits per heavy atom. The first kappa shape index (κ1) is 16.3. The van der Waals surface area contributed by atoms with Gasteiger partial charge < -0.3 is 5.32 Å². The molecule has 0 saturated heterocycles. The first-order chi connectivity index (χ1) is 11.7. The number of hydrogen-bond acceptors (Lipinski definition) is 2. The lowest BCUT2D eigenvalue weighted by molar-refractivity contribution is 0.562. The normalized spacial score (nSPS) is 19.9. The van der Waals surface area contributed by atoms with E-state index in [-0.39, 0.29) is 0 Å². The number of anilines is 1. The molecule has 1 unspecified atom stereocenters. The van der Waals surface area contributed by atoms with E-state index < -0.39 is 0 Å². The number of benzene rings is 2. The number of para-hydroxylation sites is 2. The number of hydrogen-bond donors (Lipinski definition) is 1. The number of nitrogens with zero attached hydrogens (tertiary/aromatic N) is 1. The Morgan fingerprint density at radius 2 is 1.62 bits per heavy atom. The summed E-state index contributed by atoms with van der Waals surface area (Å²) in [6.07, 6.45) is 6.38. The van der Waals surface area contributed by atoms with Crippen LogP contribution < -0.4 is 5.32 Å². The number of aliphatic imine (C=N–C) groups is 1. The summed E-state index contributed by atoms with van der Waals surface area (Å²) in [6, 6.07) is 20.4. The Hall–Kier alpha value is -2.61. The molecule has 0 heterocycles. The molecule has 0 amide bonds. The third-order valence-corrected chi connectivity index (χ3v) is 4.41. The monoisotopic (exact) mass is 316 g/mol. The maximum atomic E-state index is 4.64. The van der Waals surface area contributed by atoms with Crippen molar-refractivity contribution in [1.82, 2.24) is 0 Å². The molecule has 0 fully saturated rings. The molecule has 3 rings (SSSR count). The summed E-state index contributed by atoms with van der Waals surface area (Å²) in [5.74, 6) is 0.634. The van der Waals surface area contributed by atoms with E-state index in [0.717, 1.165) is 24.2 Å². The lowest BCUT2D eigenvalue weighted by Crippen LogP contribution is -2.11. The molecule has 1 aliphatic rings. The van der Waals surface area contributed by atoms with Crippen LogP contribution in [0.5, 0.6) is 0 Å². The Labute approximate surface area is 144 Å². The Kier molecular flexibility index (Phi) is 5.27. The van der Waals surface area contributed by atoms with Gasteiger partial charge in [-0.3, -0.25) is 4.99 Å². The van der Waals surface area contributed by atoms with E-state index in [0.29, 0.717) is 5.92 Å². The van der Waals surface area contributed by atoms with Crippen molar-refractivity contribution >= 4 is 17.6 Å².